The molecule has 2 aromatic rings. The third kappa shape index (κ3) is 14.0. The zero-order chi connectivity index (χ0) is 28.4. The number of unbranched alkanes of at least 4 members (excludes halogenated alkanes) is 11. The van der Waals surface area contributed by atoms with Gasteiger partial charge in [-0.3, -0.25) is 4.79 Å². The molecule has 5 nitrogen and oxygen atoms in total. The Morgan fingerprint density at radius 2 is 1.59 bits per heavy atom. The van der Waals surface area contributed by atoms with E-state index < -0.39 is 5.82 Å². The Bertz CT molecular complexity index is 1070. The van der Waals surface area contributed by atoms with Gasteiger partial charge in [0.05, 0.1) is 12.5 Å². The van der Waals surface area contributed by atoms with Gasteiger partial charge in [0.25, 0.3) is 5.91 Å². The lowest BCUT2D eigenvalue weighted by molar-refractivity contribution is -0.118. The van der Waals surface area contributed by atoms with E-state index in [1.165, 1.54) is 75.2 Å². The van der Waals surface area contributed by atoms with Crippen molar-refractivity contribution in [1.29, 1.82) is 0 Å². The molecule has 0 aromatic heterocycles. The van der Waals surface area contributed by atoms with Crippen LogP contribution in [0.5, 0.6) is 11.5 Å². The Morgan fingerprint density at radius 3 is 2.22 bits per heavy atom. The molecular formula is C33H48BrFN2O3S. The van der Waals surface area contributed by atoms with Gasteiger partial charge in [0, 0.05) is 24.5 Å². The first-order chi connectivity index (χ1) is 19.5. The number of para-hydroxylation sites is 1. The molecule has 8 heteroatoms. The van der Waals surface area contributed by atoms with Crippen molar-refractivity contribution in [2.24, 2.45) is 0 Å². The van der Waals surface area contributed by atoms with E-state index in [4.69, 9.17) is 9.47 Å². The standard InChI is InChI=1S/C33H47FN2O3S.BrH/c1-3-4-5-6-7-8-9-10-11-12-13-16-21-38-32-20-19-29(22-30(32)34)39-25-33(37)35-31-18-15-14-17-28(31)24-36-23-27(2)40-26-36;/h14-15,17-20,22-23H,3-13,16,21,24-26H2,1-2H3,(H,35,37);1H. The first-order valence-corrected chi connectivity index (χ1v) is 16.0. The third-order valence-corrected chi connectivity index (χ3v) is 8.04. The summed E-state index contributed by atoms with van der Waals surface area (Å²) in [7, 11) is 0. The predicted octanol–water partition coefficient (Wildman–Crippen LogP) is 9.87. The van der Waals surface area contributed by atoms with Crippen LogP contribution in [0, 0.1) is 5.82 Å². The molecule has 1 aliphatic rings. The normalized spacial score (nSPS) is 12.6. The van der Waals surface area contributed by atoms with Crippen LogP contribution in [0.25, 0.3) is 0 Å². The van der Waals surface area contributed by atoms with Crippen LogP contribution in [-0.4, -0.2) is 29.9 Å². The SMILES string of the molecule is Br.CCCCCCCCCCCCCCOc1ccc(OCC(=O)Nc2ccccc2CN2C=C(C)SC2)cc1F. The zero-order valence-corrected chi connectivity index (χ0v) is 27.3. The van der Waals surface area contributed by atoms with Crippen LogP contribution in [-0.2, 0) is 11.3 Å². The smallest absolute Gasteiger partial charge is 0.262 e. The average Bonchev–Trinajstić information content (AvgIpc) is 3.36. The Balaban J connectivity index is 0.00000588. The molecular weight excluding hydrogens is 603 g/mol. The van der Waals surface area contributed by atoms with Crippen LogP contribution < -0.4 is 14.8 Å². The Morgan fingerprint density at radius 1 is 0.927 bits per heavy atom. The van der Waals surface area contributed by atoms with Gasteiger partial charge in [-0.2, -0.15) is 0 Å². The number of carbonyl (C=O) groups is 1. The molecule has 0 saturated carbocycles. The number of rotatable bonds is 20. The van der Waals surface area contributed by atoms with Gasteiger partial charge in [0.1, 0.15) is 5.75 Å². The number of halogens is 2. The second kappa shape index (κ2) is 20.6. The summed E-state index contributed by atoms with van der Waals surface area (Å²) in [6.45, 7) is 5.37. The molecule has 228 valence electrons. The number of hydrogen-bond acceptors (Lipinski definition) is 5. The van der Waals surface area contributed by atoms with E-state index >= 15 is 0 Å². The minimum atomic E-state index is -0.478. The lowest BCUT2D eigenvalue weighted by Crippen LogP contribution is -2.22. The fourth-order valence-electron chi connectivity index (χ4n) is 4.76. The number of thioether (sulfide) groups is 1. The molecule has 2 aromatic carbocycles. The van der Waals surface area contributed by atoms with Crippen molar-refractivity contribution in [1.82, 2.24) is 4.90 Å². The van der Waals surface area contributed by atoms with Crippen molar-refractivity contribution >= 4 is 40.3 Å². The number of ether oxygens (including phenoxy) is 2. The monoisotopic (exact) mass is 650 g/mol. The predicted molar refractivity (Wildman–Crippen MR) is 176 cm³/mol. The highest BCUT2D eigenvalue weighted by molar-refractivity contribution is 8.93. The zero-order valence-electron chi connectivity index (χ0n) is 24.8. The molecule has 1 N–H and O–H groups in total. The fraction of sp³-hybridized carbons (Fsp3) is 0.545. The lowest BCUT2D eigenvalue weighted by Gasteiger charge is -2.18. The fourth-order valence-corrected chi connectivity index (χ4v) is 5.51. The van der Waals surface area contributed by atoms with Crippen molar-refractivity contribution in [3.8, 4) is 11.5 Å². The molecule has 0 spiro atoms. The van der Waals surface area contributed by atoms with Gasteiger partial charge < -0.3 is 19.7 Å². The van der Waals surface area contributed by atoms with Crippen molar-refractivity contribution < 1.29 is 18.7 Å². The maximum absolute atomic E-state index is 14.5. The van der Waals surface area contributed by atoms with Crippen LogP contribution in [0.2, 0.25) is 0 Å². The third-order valence-electron chi connectivity index (χ3n) is 7.02. The van der Waals surface area contributed by atoms with Crippen LogP contribution in [0.15, 0.2) is 53.6 Å². The van der Waals surface area contributed by atoms with Crippen LogP contribution >= 0.6 is 28.7 Å². The molecule has 0 radical (unpaired) electrons. The Hall–Kier alpha value is -2.19. The number of nitrogens with one attached hydrogen (secondary N) is 1. The molecule has 3 rings (SSSR count). The topological polar surface area (TPSA) is 50.8 Å². The average molecular weight is 652 g/mol. The van der Waals surface area contributed by atoms with Crippen LogP contribution in [0.1, 0.15) is 96.5 Å². The van der Waals surface area contributed by atoms with Gasteiger partial charge >= 0.3 is 0 Å². The van der Waals surface area contributed by atoms with Crippen molar-refractivity contribution in [3.05, 3.63) is 65.0 Å². The van der Waals surface area contributed by atoms with E-state index in [1.54, 1.807) is 23.9 Å². The molecule has 0 unspecified atom stereocenters. The number of amides is 1. The van der Waals surface area contributed by atoms with E-state index in [9.17, 15) is 9.18 Å². The molecule has 0 bridgehead atoms. The maximum Gasteiger partial charge on any atom is 0.262 e. The summed E-state index contributed by atoms with van der Waals surface area (Å²) in [5.41, 5.74) is 1.79. The number of carbonyl (C=O) groups excluding carboxylic acids is 1. The molecule has 41 heavy (non-hydrogen) atoms. The number of nitrogens with zero attached hydrogens (tertiary/aromatic N) is 1. The van der Waals surface area contributed by atoms with E-state index in [0.29, 0.717) is 18.9 Å². The summed E-state index contributed by atoms with van der Waals surface area (Å²) in [6, 6.07) is 12.2. The number of allylic oxidation sites excluding steroid dienone is 1. The second-order valence-corrected chi connectivity index (χ2v) is 11.8. The highest BCUT2D eigenvalue weighted by Crippen LogP contribution is 2.28. The van der Waals surface area contributed by atoms with Gasteiger partial charge in [-0.15, -0.1) is 28.7 Å². The van der Waals surface area contributed by atoms with E-state index in [2.05, 4.69) is 30.3 Å². The minimum Gasteiger partial charge on any atom is -0.491 e. The van der Waals surface area contributed by atoms with Gasteiger partial charge in [-0.05, 0) is 42.0 Å². The molecule has 0 fully saturated rings. The summed E-state index contributed by atoms with van der Waals surface area (Å²) in [6.07, 6.45) is 17.5. The number of anilines is 1. The van der Waals surface area contributed by atoms with Gasteiger partial charge in [0.15, 0.2) is 18.2 Å². The molecule has 0 atom stereocenters. The number of hydrogen-bond donors (Lipinski definition) is 1. The maximum atomic E-state index is 14.5. The quantitative estimate of drug-likeness (QED) is 0.145. The molecule has 1 aliphatic heterocycles. The lowest BCUT2D eigenvalue weighted by atomic mass is 10.1. The first-order valence-electron chi connectivity index (χ1n) is 15.0. The van der Waals surface area contributed by atoms with E-state index in [-0.39, 0.29) is 35.2 Å². The summed E-state index contributed by atoms with van der Waals surface area (Å²) in [5.74, 6) is 0.658. The summed E-state index contributed by atoms with van der Waals surface area (Å²) < 4.78 is 25.7. The molecule has 0 saturated heterocycles. The van der Waals surface area contributed by atoms with Gasteiger partial charge in [-0.25, -0.2) is 4.39 Å². The summed E-state index contributed by atoms with van der Waals surface area (Å²) in [4.78, 5) is 16.0. The molecule has 0 aliphatic carbocycles. The highest BCUT2D eigenvalue weighted by Gasteiger charge is 2.14. The first kappa shape index (κ1) is 35.0. The largest absolute Gasteiger partial charge is 0.491 e. The highest BCUT2D eigenvalue weighted by atomic mass is 79.9. The van der Waals surface area contributed by atoms with Crippen LogP contribution in [0.4, 0.5) is 10.1 Å². The molecule has 1 heterocycles. The van der Waals surface area contributed by atoms with Crippen molar-refractivity contribution in [2.75, 3.05) is 24.4 Å². The summed E-state index contributed by atoms with van der Waals surface area (Å²) in [5, 5.41) is 2.92. The Labute approximate surface area is 261 Å². The van der Waals surface area contributed by atoms with Gasteiger partial charge in [0.2, 0.25) is 0 Å². The van der Waals surface area contributed by atoms with Crippen molar-refractivity contribution in [3.63, 3.8) is 0 Å². The minimum absolute atomic E-state index is 0. The summed E-state index contributed by atoms with van der Waals surface area (Å²) >= 11 is 1.80. The molecule has 1 amide bonds. The van der Waals surface area contributed by atoms with Crippen molar-refractivity contribution in [2.45, 2.75) is 97.4 Å². The Kier molecular flexibility index (Phi) is 17.6. The van der Waals surface area contributed by atoms with E-state index in [0.717, 1.165) is 30.0 Å². The van der Waals surface area contributed by atoms with Gasteiger partial charge in [-0.1, -0.05) is 95.8 Å². The van der Waals surface area contributed by atoms with E-state index in [1.807, 2.05) is 24.3 Å². The number of benzene rings is 2. The van der Waals surface area contributed by atoms with Crippen LogP contribution in [0.3, 0.4) is 0 Å². The second-order valence-electron chi connectivity index (χ2n) is 10.6.